The number of carbonyl (C=O) groups excluding carboxylic acids is 1. The van der Waals surface area contributed by atoms with E-state index < -0.39 is 0 Å². The number of rotatable bonds is 3. The van der Waals surface area contributed by atoms with Gasteiger partial charge in [0.2, 0.25) is 5.91 Å². The van der Waals surface area contributed by atoms with Crippen LogP contribution in [-0.2, 0) is 11.2 Å². The third-order valence-electron chi connectivity index (χ3n) is 4.73. The summed E-state index contributed by atoms with van der Waals surface area (Å²) >= 11 is 0. The number of anilines is 1. The first-order valence-electron chi connectivity index (χ1n) is 8.01. The molecule has 2 aliphatic rings. The number of hydrogen-bond donors (Lipinski definition) is 1. The van der Waals surface area contributed by atoms with Gasteiger partial charge in [-0.05, 0) is 50.9 Å². The van der Waals surface area contributed by atoms with Crippen molar-refractivity contribution in [3.63, 3.8) is 0 Å². The third-order valence-corrected chi connectivity index (χ3v) is 4.73. The highest BCUT2D eigenvalue weighted by Crippen LogP contribution is 2.31. The van der Waals surface area contributed by atoms with Crippen molar-refractivity contribution in [2.24, 2.45) is 0 Å². The van der Waals surface area contributed by atoms with Crippen molar-refractivity contribution in [1.29, 1.82) is 0 Å². The molecule has 0 aliphatic carbocycles. The third kappa shape index (κ3) is 3.05. The van der Waals surface area contributed by atoms with Gasteiger partial charge in [0.1, 0.15) is 5.75 Å². The number of aryl methyl sites for hydroxylation is 1. The lowest BCUT2D eigenvalue weighted by molar-refractivity contribution is -0.119. The molecule has 0 aromatic heterocycles. The van der Waals surface area contributed by atoms with E-state index in [1.54, 1.807) is 12.1 Å². The lowest BCUT2D eigenvalue weighted by atomic mass is 10.00. The molecule has 0 saturated carbocycles. The minimum absolute atomic E-state index is 0.178. The standard InChI is InChI=1S/C17H24N2O2/c1-13(18-9-3-2-4-10-18)12-19-16-11-15(20)7-5-14(16)6-8-17(19)21/h5,7,11,13,20H,2-4,6,8-10,12H2,1H3. The van der Waals surface area contributed by atoms with Crippen molar-refractivity contribution in [3.8, 4) is 5.75 Å². The van der Waals surface area contributed by atoms with Crippen molar-refractivity contribution >= 4 is 11.6 Å². The lowest BCUT2D eigenvalue weighted by Crippen LogP contribution is -2.47. The van der Waals surface area contributed by atoms with Crippen LogP contribution in [0.1, 0.15) is 38.2 Å². The van der Waals surface area contributed by atoms with Crippen LogP contribution in [0.3, 0.4) is 0 Å². The molecule has 0 radical (unpaired) electrons. The fraction of sp³-hybridized carbons (Fsp3) is 0.588. The zero-order valence-corrected chi connectivity index (χ0v) is 12.7. The average Bonchev–Trinajstić information content (AvgIpc) is 2.51. The van der Waals surface area contributed by atoms with Crippen LogP contribution in [0, 0.1) is 0 Å². The maximum absolute atomic E-state index is 12.3. The van der Waals surface area contributed by atoms with E-state index in [0.717, 1.165) is 31.7 Å². The highest BCUT2D eigenvalue weighted by Gasteiger charge is 2.27. The number of fused-ring (bicyclic) bond motifs is 1. The number of piperidine rings is 1. The number of aromatic hydroxyl groups is 1. The van der Waals surface area contributed by atoms with Crippen molar-refractivity contribution in [3.05, 3.63) is 23.8 Å². The van der Waals surface area contributed by atoms with Crippen LogP contribution in [0.5, 0.6) is 5.75 Å². The maximum atomic E-state index is 12.3. The molecule has 21 heavy (non-hydrogen) atoms. The molecule has 4 heteroatoms. The molecule has 114 valence electrons. The quantitative estimate of drug-likeness (QED) is 0.929. The molecular weight excluding hydrogens is 264 g/mol. The number of carbonyl (C=O) groups is 1. The highest BCUT2D eigenvalue weighted by atomic mass is 16.3. The largest absolute Gasteiger partial charge is 0.508 e. The first-order chi connectivity index (χ1) is 10.1. The summed E-state index contributed by atoms with van der Waals surface area (Å²) < 4.78 is 0. The number of hydrogen-bond acceptors (Lipinski definition) is 3. The number of likely N-dealkylation sites (tertiary alicyclic amines) is 1. The molecule has 1 aromatic rings. The van der Waals surface area contributed by atoms with Crippen molar-refractivity contribution in [2.75, 3.05) is 24.5 Å². The molecule has 4 nitrogen and oxygen atoms in total. The number of benzene rings is 1. The summed E-state index contributed by atoms with van der Waals surface area (Å²) in [6, 6.07) is 5.74. The van der Waals surface area contributed by atoms with E-state index in [0.29, 0.717) is 12.5 Å². The Morgan fingerprint density at radius 1 is 1.19 bits per heavy atom. The molecule has 1 atom stereocenters. The normalized spacial score (nSPS) is 21.2. The molecule has 1 amide bonds. The van der Waals surface area contributed by atoms with E-state index in [4.69, 9.17) is 0 Å². The van der Waals surface area contributed by atoms with Crippen LogP contribution in [0.4, 0.5) is 5.69 Å². The fourth-order valence-corrected chi connectivity index (χ4v) is 3.46. The van der Waals surface area contributed by atoms with Crippen molar-refractivity contribution in [1.82, 2.24) is 4.90 Å². The zero-order chi connectivity index (χ0) is 14.8. The number of amides is 1. The smallest absolute Gasteiger partial charge is 0.227 e. The summed E-state index contributed by atoms with van der Waals surface area (Å²) in [5, 5.41) is 9.73. The molecule has 1 N–H and O–H groups in total. The summed E-state index contributed by atoms with van der Waals surface area (Å²) in [5.41, 5.74) is 2.06. The molecular formula is C17H24N2O2. The Labute approximate surface area is 126 Å². The maximum Gasteiger partial charge on any atom is 0.227 e. The van der Waals surface area contributed by atoms with Crippen LogP contribution in [0.15, 0.2) is 18.2 Å². The summed E-state index contributed by atoms with van der Waals surface area (Å²) in [7, 11) is 0. The second-order valence-electron chi connectivity index (χ2n) is 6.26. The van der Waals surface area contributed by atoms with Crippen LogP contribution >= 0.6 is 0 Å². The van der Waals surface area contributed by atoms with Crippen LogP contribution in [0.25, 0.3) is 0 Å². The molecule has 1 saturated heterocycles. The van der Waals surface area contributed by atoms with Gasteiger partial charge < -0.3 is 10.0 Å². The second kappa shape index (κ2) is 6.06. The van der Waals surface area contributed by atoms with E-state index in [1.807, 2.05) is 11.0 Å². The Kier molecular flexibility index (Phi) is 4.15. The van der Waals surface area contributed by atoms with Gasteiger partial charge >= 0.3 is 0 Å². The molecule has 1 unspecified atom stereocenters. The van der Waals surface area contributed by atoms with Crippen LogP contribution in [0.2, 0.25) is 0 Å². The summed E-state index contributed by atoms with van der Waals surface area (Å²) in [4.78, 5) is 16.7. The first kappa shape index (κ1) is 14.4. The van der Waals surface area contributed by atoms with Gasteiger partial charge in [0.05, 0.1) is 5.69 Å². The Morgan fingerprint density at radius 3 is 2.71 bits per heavy atom. The van der Waals surface area contributed by atoms with Gasteiger partial charge in [-0.25, -0.2) is 0 Å². The van der Waals surface area contributed by atoms with Gasteiger partial charge in [-0.2, -0.15) is 0 Å². The molecule has 3 rings (SSSR count). The van der Waals surface area contributed by atoms with Gasteiger partial charge in [0.15, 0.2) is 0 Å². The monoisotopic (exact) mass is 288 g/mol. The predicted octanol–water partition coefficient (Wildman–Crippen LogP) is 2.55. The van der Waals surface area contributed by atoms with E-state index in [9.17, 15) is 9.90 Å². The highest BCUT2D eigenvalue weighted by molar-refractivity contribution is 5.96. The Morgan fingerprint density at radius 2 is 1.95 bits per heavy atom. The molecule has 1 fully saturated rings. The van der Waals surface area contributed by atoms with E-state index in [-0.39, 0.29) is 11.7 Å². The second-order valence-corrected chi connectivity index (χ2v) is 6.26. The van der Waals surface area contributed by atoms with Gasteiger partial charge in [-0.3, -0.25) is 9.69 Å². The number of phenols is 1. The Hall–Kier alpha value is -1.55. The summed E-state index contributed by atoms with van der Waals surface area (Å²) in [5.74, 6) is 0.413. The SMILES string of the molecule is CC(CN1C(=O)CCc2ccc(O)cc21)N1CCCCC1. The van der Waals surface area contributed by atoms with Crippen molar-refractivity contribution in [2.45, 2.75) is 45.1 Å². The topological polar surface area (TPSA) is 43.8 Å². The average molecular weight is 288 g/mol. The molecule has 2 heterocycles. The molecule has 0 spiro atoms. The van der Waals surface area contributed by atoms with E-state index in [2.05, 4.69) is 11.8 Å². The van der Waals surface area contributed by atoms with Crippen LogP contribution < -0.4 is 4.90 Å². The summed E-state index contributed by atoms with van der Waals surface area (Å²) in [6.07, 6.45) is 5.20. The summed E-state index contributed by atoms with van der Waals surface area (Å²) in [6.45, 7) is 5.19. The molecule has 1 aromatic carbocycles. The predicted molar refractivity (Wildman–Crippen MR) is 83.7 cm³/mol. The van der Waals surface area contributed by atoms with Crippen molar-refractivity contribution < 1.29 is 9.90 Å². The zero-order valence-electron chi connectivity index (χ0n) is 12.7. The molecule has 0 bridgehead atoms. The van der Waals surface area contributed by atoms with Gasteiger partial charge in [-0.1, -0.05) is 12.5 Å². The van der Waals surface area contributed by atoms with E-state index >= 15 is 0 Å². The van der Waals surface area contributed by atoms with E-state index in [1.165, 1.54) is 24.8 Å². The molecule has 2 aliphatic heterocycles. The minimum atomic E-state index is 0.178. The van der Waals surface area contributed by atoms with Crippen LogP contribution in [-0.4, -0.2) is 41.6 Å². The number of phenolic OH excluding ortho intramolecular Hbond substituents is 1. The number of nitrogens with zero attached hydrogens (tertiary/aromatic N) is 2. The van der Waals surface area contributed by atoms with Gasteiger partial charge in [-0.15, -0.1) is 0 Å². The van der Waals surface area contributed by atoms with Gasteiger partial charge in [0, 0.05) is 25.1 Å². The first-order valence-corrected chi connectivity index (χ1v) is 8.01. The van der Waals surface area contributed by atoms with Gasteiger partial charge in [0.25, 0.3) is 0 Å². The Balaban J connectivity index is 1.78. The minimum Gasteiger partial charge on any atom is -0.508 e. The fourth-order valence-electron chi connectivity index (χ4n) is 3.46. The Bertz CT molecular complexity index is 524. The lowest BCUT2D eigenvalue weighted by Gasteiger charge is -2.37.